The van der Waals surface area contributed by atoms with Crippen LogP contribution in [0.4, 0.5) is 0 Å². The summed E-state index contributed by atoms with van der Waals surface area (Å²) in [6, 6.07) is 0. The van der Waals surface area contributed by atoms with Crippen molar-refractivity contribution in [2.45, 2.75) is 64.5 Å². The van der Waals surface area contributed by atoms with E-state index in [0.717, 1.165) is 44.8 Å². The third-order valence-electron chi connectivity index (χ3n) is 4.99. The van der Waals surface area contributed by atoms with E-state index in [2.05, 4.69) is 22.7 Å². The fourth-order valence-electron chi connectivity index (χ4n) is 3.39. The number of amides is 1. The summed E-state index contributed by atoms with van der Waals surface area (Å²) < 4.78 is 7.91. The fraction of sp³-hybridized carbons (Fsp3) is 0.778. The lowest BCUT2D eigenvalue weighted by molar-refractivity contribution is -0.143. The van der Waals surface area contributed by atoms with Crippen LogP contribution in [0.15, 0.2) is 12.4 Å². The Kier molecular flexibility index (Phi) is 5.36. The van der Waals surface area contributed by atoms with Crippen molar-refractivity contribution in [3.8, 4) is 0 Å². The van der Waals surface area contributed by atoms with E-state index >= 15 is 0 Å². The predicted molar refractivity (Wildman–Crippen MR) is 89.2 cm³/mol. The first kappa shape index (κ1) is 16.5. The molecule has 2 aliphatic rings. The second kappa shape index (κ2) is 7.47. The molecule has 1 atom stereocenters. The van der Waals surface area contributed by atoms with Crippen LogP contribution in [0.2, 0.25) is 0 Å². The molecule has 0 bridgehead atoms. The molecule has 2 fully saturated rings. The van der Waals surface area contributed by atoms with Crippen molar-refractivity contribution in [2.75, 3.05) is 19.7 Å². The number of hydrogen-bond donors (Lipinski definition) is 0. The Hall–Kier alpha value is -1.36. The van der Waals surface area contributed by atoms with Crippen molar-refractivity contribution in [2.24, 2.45) is 5.92 Å². The summed E-state index contributed by atoms with van der Waals surface area (Å²) in [5.74, 6) is 2.71. The summed E-state index contributed by atoms with van der Waals surface area (Å²) in [5, 5.41) is 0. The van der Waals surface area contributed by atoms with Crippen molar-refractivity contribution >= 4 is 5.91 Å². The van der Waals surface area contributed by atoms with E-state index in [4.69, 9.17) is 4.74 Å². The molecule has 23 heavy (non-hydrogen) atoms. The maximum Gasteiger partial charge on any atom is 0.251 e. The number of rotatable bonds is 7. The highest BCUT2D eigenvalue weighted by Gasteiger charge is 2.30. The lowest BCUT2D eigenvalue weighted by Gasteiger charge is -2.33. The van der Waals surface area contributed by atoms with Gasteiger partial charge < -0.3 is 14.2 Å². The number of carbonyl (C=O) groups is 1. The average Bonchev–Trinajstić information content (AvgIpc) is 3.27. The Bertz CT molecular complexity index is 516. The summed E-state index contributed by atoms with van der Waals surface area (Å²) in [5.41, 5.74) is 0. The zero-order valence-corrected chi connectivity index (χ0v) is 14.4. The highest BCUT2D eigenvalue weighted by Crippen LogP contribution is 2.33. The third kappa shape index (κ3) is 4.14. The third-order valence-corrected chi connectivity index (χ3v) is 4.99. The quantitative estimate of drug-likeness (QED) is 0.776. The minimum absolute atomic E-state index is 0.137. The highest BCUT2D eigenvalue weighted by molar-refractivity contribution is 5.80. The fourth-order valence-corrected chi connectivity index (χ4v) is 3.39. The Morgan fingerprint density at radius 3 is 2.74 bits per heavy atom. The van der Waals surface area contributed by atoms with Crippen molar-refractivity contribution in [1.29, 1.82) is 0 Å². The van der Waals surface area contributed by atoms with Crippen molar-refractivity contribution in [3.63, 3.8) is 0 Å². The largest absolute Gasteiger partial charge is 0.369 e. The van der Waals surface area contributed by atoms with Gasteiger partial charge in [-0.15, -0.1) is 0 Å². The molecule has 2 heterocycles. The number of aromatic nitrogens is 2. The molecule has 1 saturated carbocycles. The normalized spacial score (nSPS) is 20.7. The van der Waals surface area contributed by atoms with Gasteiger partial charge in [-0.1, -0.05) is 6.92 Å². The molecule has 0 radical (unpaired) electrons. The molecule has 0 spiro atoms. The molecular weight excluding hydrogens is 290 g/mol. The predicted octanol–water partition coefficient (Wildman–Crippen LogP) is 2.81. The number of imidazole rings is 1. The van der Waals surface area contributed by atoms with Gasteiger partial charge in [0.1, 0.15) is 11.9 Å². The minimum atomic E-state index is -0.316. The maximum atomic E-state index is 12.4. The van der Waals surface area contributed by atoms with Gasteiger partial charge in [0.25, 0.3) is 5.91 Å². The number of ether oxygens (including phenoxy) is 1. The molecule has 5 nitrogen and oxygen atoms in total. The zero-order valence-electron chi connectivity index (χ0n) is 14.4. The molecule has 128 valence electrons. The summed E-state index contributed by atoms with van der Waals surface area (Å²) in [6.07, 6.45) is 9.41. The van der Waals surface area contributed by atoms with Gasteiger partial charge in [-0.05, 0) is 44.9 Å². The number of likely N-dealkylation sites (tertiary alicyclic amines) is 1. The molecule has 1 aliphatic carbocycles. The van der Waals surface area contributed by atoms with E-state index in [9.17, 15) is 4.79 Å². The molecule has 1 aliphatic heterocycles. The van der Waals surface area contributed by atoms with Crippen LogP contribution in [0, 0.1) is 5.92 Å². The number of piperidine rings is 1. The van der Waals surface area contributed by atoms with Gasteiger partial charge in [0, 0.05) is 44.6 Å². The van der Waals surface area contributed by atoms with Crippen molar-refractivity contribution < 1.29 is 9.53 Å². The topological polar surface area (TPSA) is 47.4 Å². The molecule has 5 heteroatoms. The Morgan fingerprint density at radius 1 is 1.35 bits per heavy atom. The first-order valence-corrected chi connectivity index (χ1v) is 9.10. The SMILES string of the molecule is CCCO[C@H](C)C(=O)N1CCC(c2nccn2CC2CC2)CC1. The van der Waals surface area contributed by atoms with Gasteiger partial charge >= 0.3 is 0 Å². The van der Waals surface area contributed by atoms with Gasteiger partial charge in [-0.2, -0.15) is 0 Å². The van der Waals surface area contributed by atoms with Crippen LogP contribution in [0.25, 0.3) is 0 Å². The maximum absolute atomic E-state index is 12.4. The number of nitrogens with zero attached hydrogens (tertiary/aromatic N) is 3. The zero-order chi connectivity index (χ0) is 16.2. The molecule has 1 amide bonds. The molecular formula is C18H29N3O2. The van der Waals surface area contributed by atoms with E-state index in [1.54, 1.807) is 0 Å². The summed E-state index contributed by atoms with van der Waals surface area (Å²) in [7, 11) is 0. The molecule has 0 unspecified atom stereocenters. The second-order valence-corrected chi connectivity index (χ2v) is 6.99. The Morgan fingerprint density at radius 2 is 2.09 bits per heavy atom. The molecule has 1 aromatic heterocycles. The number of hydrogen-bond acceptors (Lipinski definition) is 3. The lowest BCUT2D eigenvalue weighted by Crippen LogP contribution is -2.43. The van der Waals surface area contributed by atoms with Crippen LogP contribution in [0.1, 0.15) is 57.7 Å². The van der Waals surface area contributed by atoms with E-state index in [0.29, 0.717) is 12.5 Å². The highest BCUT2D eigenvalue weighted by atomic mass is 16.5. The van der Waals surface area contributed by atoms with Crippen LogP contribution in [0.3, 0.4) is 0 Å². The van der Waals surface area contributed by atoms with Gasteiger partial charge in [0.05, 0.1) is 0 Å². The standard InChI is InChI=1S/C18H29N3O2/c1-3-12-23-14(2)18(22)20-9-6-16(7-10-20)17-19-8-11-21(17)13-15-4-5-15/h8,11,14-16H,3-7,9-10,12-13H2,1-2H3/t14-/m1/s1. The van der Waals surface area contributed by atoms with E-state index < -0.39 is 0 Å². The van der Waals surface area contributed by atoms with Crippen molar-refractivity contribution in [3.05, 3.63) is 18.2 Å². The Balaban J connectivity index is 1.52. The average molecular weight is 319 g/mol. The summed E-state index contributed by atoms with van der Waals surface area (Å²) in [6.45, 7) is 7.34. The summed E-state index contributed by atoms with van der Waals surface area (Å²) in [4.78, 5) is 19.0. The van der Waals surface area contributed by atoms with Gasteiger partial charge in [0.15, 0.2) is 0 Å². The first-order chi connectivity index (χ1) is 11.2. The van der Waals surface area contributed by atoms with E-state index in [1.807, 2.05) is 18.0 Å². The van der Waals surface area contributed by atoms with Crippen LogP contribution >= 0.6 is 0 Å². The summed E-state index contributed by atoms with van der Waals surface area (Å²) >= 11 is 0. The second-order valence-electron chi connectivity index (χ2n) is 6.99. The molecule has 1 aromatic rings. The Labute approximate surface area is 139 Å². The molecule has 0 N–H and O–H groups in total. The van der Waals surface area contributed by atoms with Crippen molar-refractivity contribution in [1.82, 2.24) is 14.5 Å². The first-order valence-electron chi connectivity index (χ1n) is 9.10. The smallest absolute Gasteiger partial charge is 0.251 e. The van der Waals surface area contributed by atoms with Crippen LogP contribution in [0.5, 0.6) is 0 Å². The molecule has 3 rings (SSSR count). The molecule has 0 aromatic carbocycles. The number of carbonyl (C=O) groups excluding carboxylic acids is 1. The minimum Gasteiger partial charge on any atom is -0.369 e. The van der Waals surface area contributed by atoms with Gasteiger partial charge in [-0.3, -0.25) is 4.79 Å². The molecule has 1 saturated heterocycles. The monoisotopic (exact) mass is 319 g/mol. The van der Waals surface area contributed by atoms with E-state index in [-0.39, 0.29) is 12.0 Å². The van der Waals surface area contributed by atoms with Crippen LogP contribution in [-0.2, 0) is 16.1 Å². The van der Waals surface area contributed by atoms with E-state index in [1.165, 1.54) is 18.7 Å². The van der Waals surface area contributed by atoms with Gasteiger partial charge in [0.2, 0.25) is 0 Å². The van der Waals surface area contributed by atoms with Crippen LogP contribution < -0.4 is 0 Å². The van der Waals surface area contributed by atoms with Crippen LogP contribution in [-0.4, -0.2) is 46.2 Å². The van der Waals surface area contributed by atoms with Gasteiger partial charge in [-0.25, -0.2) is 4.98 Å². The lowest BCUT2D eigenvalue weighted by atomic mass is 9.95.